The molecule has 1 heterocycles. The first-order valence-corrected chi connectivity index (χ1v) is 9.89. The summed E-state index contributed by atoms with van der Waals surface area (Å²) in [4.78, 5) is 39.2. The summed E-state index contributed by atoms with van der Waals surface area (Å²) < 4.78 is 5.24. The zero-order valence-corrected chi connectivity index (χ0v) is 17.5. The van der Waals surface area contributed by atoms with Crippen molar-refractivity contribution in [2.24, 2.45) is 0 Å². The van der Waals surface area contributed by atoms with Gasteiger partial charge in [0.2, 0.25) is 11.8 Å². The van der Waals surface area contributed by atoms with E-state index in [4.69, 9.17) is 16.3 Å². The quantitative estimate of drug-likeness (QED) is 0.704. The van der Waals surface area contributed by atoms with Crippen LogP contribution >= 0.6 is 11.6 Å². The molecule has 0 aromatic heterocycles. The molecule has 1 aromatic rings. The Labute approximate surface area is 170 Å². The van der Waals surface area contributed by atoms with Gasteiger partial charge in [0.05, 0.1) is 12.2 Å². The maximum absolute atomic E-state index is 12.8. The molecule has 2 atom stereocenters. The van der Waals surface area contributed by atoms with Crippen LogP contribution in [0.25, 0.3) is 0 Å². The SMILES string of the molecule is CCOC(=O)C1=C(C)N(CC(=O)N[C@H](C)CC)C(=O)C[C@H]1c1ccc(Cl)cc1. The van der Waals surface area contributed by atoms with Crippen molar-refractivity contribution >= 4 is 29.4 Å². The molecule has 0 saturated heterocycles. The molecular formula is C21H27ClN2O4. The largest absolute Gasteiger partial charge is 0.463 e. The maximum Gasteiger partial charge on any atom is 0.336 e. The highest BCUT2D eigenvalue weighted by Crippen LogP contribution is 2.37. The first kappa shape index (κ1) is 22.0. The lowest BCUT2D eigenvalue weighted by atomic mass is 9.83. The first-order valence-electron chi connectivity index (χ1n) is 9.51. The second-order valence-corrected chi connectivity index (χ2v) is 7.32. The van der Waals surface area contributed by atoms with Gasteiger partial charge in [-0.3, -0.25) is 9.59 Å². The molecule has 1 aliphatic rings. The van der Waals surface area contributed by atoms with E-state index < -0.39 is 11.9 Å². The van der Waals surface area contributed by atoms with Crippen molar-refractivity contribution in [1.29, 1.82) is 0 Å². The lowest BCUT2D eigenvalue weighted by molar-refractivity contribution is -0.141. The Kier molecular flexibility index (Phi) is 7.63. The first-order chi connectivity index (χ1) is 13.3. The summed E-state index contributed by atoms with van der Waals surface area (Å²) in [5, 5.41) is 3.43. The number of allylic oxidation sites excluding steroid dienone is 1. The topological polar surface area (TPSA) is 75.7 Å². The molecule has 0 bridgehead atoms. The minimum atomic E-state index is -0.472. The average molecular weight is 407 g/mol. The van der Waals surface area contributed by atoms with Crippen molar-refractivity contribution in [1.82, 2.24) is 10.2 Å². The van der Waals surface area contributed by atoms with E-state index in [2.05, 4.69) is 5.32 Å². The van der Waals surface area contributed by atoms with Crippen LogP contribution in [0.3, 0.4) is 0 Å². The summed E-state index contributed by atoms with van der Waals surface area (Å²) >= 11 is 5.97. The van der Waals surface area contributed by atoms with E-state index >= 15 is 0 Å². The molecule has 6 nitrogen and oxygen atoms in total. The van der Waals surface area contributed by atoms with Gasteiger partial charge in [0.15, 0.2) is 0 Å². The maximum atomic E-state index is 12.8. The normalized spacial score (nSPS) is 18.1. The van der Waals surface area contributed by atoms with Crippen molar-refractivity contribution < 1.29 is 19.1 Å². The van der Waals surface area contributed by atoms with Gasteiger partial charge in [-0.25, -0.2) is 4.79 Å². The van der Waals surface area contributed by atoms with E-state index in [1.54, 1.807) is 38.1 Å². The van der Waals surface area contributed by atoms with Crippen molar-refractivity contribution in [3.8, 4) is 0 Å². The number of hydrogen-bond donors (Lipinski definition) is 1. The second-order valence-electron chi connectivity index (χ2n) is 6.88. The molecule has 1 N–H and O–H groups in total. The number of halogens is 1. The van der Waals surface area contributed by atoms with Crippen LogP contribution in [0.2, 0.25) is 5.02 Å². The Bertz CT molecular complexity index is 773. The molecule has 0 radical (unpaired) electrons. The van der Waals surface area contributed by atoms with Crippen LogP contribution in [-0.2, 0) is 19.1 Å². The fraction of sp³-hybridized carbons (Fsp3) is 0.476. The summed E-state index contributed by atoms with van der Waals surface area (Å²) in [6.45, 7) is 7.40. The fourth-order valence-corrected chi connectivity index (χ4v) is 3.35. The lowest BCUT2D eigenvalue weighted by Gasteiger charge is -2.34. The van der Waals surface area contributed by atoms with Gasteiger partial charge in [-0.15, -0.1) is 0 Å². The molecule has 1 aliphatic heterocycles. The molecule has 0 aliphatic carbocycles. The molecule has 28 heavy (non-hydrogen) atoms. The molecule has 1 aromatic carbocycles. The van der Waals surface area contributed by atoms with Gasteiger partial charge in [0, 0.05) is 29.1 Å². The zero-order valence-electron chi connectivity index (χ0n) is 16.8. The summed E-state index contributed by atoms with van der Waals surface area (Å²) in [7, 11) is 0. The molecule has 2 amide bonds. The van der Waals surface area contributed by atoms with Crippen LogP contribution in [0.15, 0.2) is 35.5 Å². The van der Waals surface area contributed by atoms with E-state index in [-0.39, 0.29) is 37.4 Å². The van der Waals surface area contributed by atoms with E-state index in [1.807, 2.05) is 13.8 Å². The summed E-state index contributed by atoms with van der Waals surface area (Å²) in [6.07, 6.45) is 0.880. The fourth-order valence-electron chi connectivity index (χ4n) is 3.22. The number of benzene rings is 1. The van der Waals surface area contributed by atoms with Crippen molar-refractivity contribution in [2.45, 2.75) is 52.5 Å². The Morgan fingerprint density at radius 3 is 2.50 bits per heavy atom. The number of nitrogens with one attached hydrogen (secondary N) is 1. The molecule has 2 rings (SSSR count). The smallest absolute Gasteiger partial charge is 0.336 e. The summed E-state index contributed by atoms with van der Waals surface area (Å²) in [5.74, 6) is -1.36. The number of esters is 1. The number of rotatable bonds is 7. The van der Waals surface area contributed by atoms with Crippen LogP contribution in [0.5, 0.6) is 0 Å². The molecular weight excluding hydrogens is 380 g/mol. The van der Waals surface area contributed by atoms with Crippen molar-refractivity contribution in [3.63, 3.8) is 0 Å². The van der Waals surface area contributed by atoms with Gasteiger partial charge in [-0.2, -0.15) is 0 Å². The van der Waals surface area contributed by atoms with E-state index in [0.29, 0.717) is 16.3 Å². The Morgan fingerprint density at radius 2 is 1.93 bits per heavy atom. The Morgan fingerprint density at radius 1 is 1.29 bits per heavy atom. The highest BCUT2D eigenvalue weighted by Gasteiger charge is 2.37. The highest BCUT2D eigenvalue weighted by molar-refractivity contribution is 6.30. The summed E-state index contributed by atoms with van der Waals surface area (Å²) in [6, 6.07) is 7.08. The average Bonchev–Trinajstić information content (AvgIpc) is 2.65. The standard InChI is InChI=1S/C21H27ClN2O4/c1-5-13(3)23-18(25)12-24-14(4)20(21(27)28-6-2)17(11-19(24)26)15-7-9-16(22)10-8-15/h7-10,13,17H,5-6,11-12H2,1-4H3,(H,23,25)/t13-,17+/m1/s1. The molecule has 0 fully saturated rings. The third kappa shape index (κ3) is 5.13. The monoisotopic (exact) mass is 406 g/mol. The second kappa shape index (κ2) is 9.73. The highest BCUT2D eigenvalue weighted by atomic mass is 35.5. The molecule has 152 valence electrons. The third-order valence-corrected chi connectivity index (χ3v) is 5.16. The Hall–Kier alpha value is -2.34. The van der Waals surface area contributed by atoms with Crippen LogP contribution in [0.4, 0.5) is 0 Å². The van der Waals surface area contributed by atoms with Gasteiger partial charge >= 0.3 is 5.97 Å². The van der Waals surface area contributed by atoms with Gasteiger partial charge in [0.1, 0.15) is 6.54 Å². The molecule has 0 saturated carbocycles. The molecule has 0 spiro atoms. The van der Waals surface area contributed by atoms with Crippen molar-refractivity contribution in [3.05, 3.63) is 46.1 Å². The van der Waals surface area contributed by atoms with E-state index in [1.165, 1.54) is 4.90 Å². The Balaban J connectivity index is 2.39. The van der Waals surface area contributed by atoms with Crippen LogP contribution in [0, 0.1) is 0 Å². The van der Waals surface area contributed by atoms with Gasteiger partial charge in [-0.1, -0.05) is 30.7 Å². The zero-order chi connectivity index (χ0) is 20.8. The van der Waals surface area contributed by atoms with Gasteiger partial charge in [-0.05, 0) is 44.9 Å². The minimum Gasteiger partial charge on any atom is -0.463 e. The molecule has 0 unspecified atom stereocenters. The number of ether oxygens (including phenoxy) is 1. The van der Waals surface area contributed by atoms with Crippen molar-refractivity contribution in [2.75, 3.05) is 13.2 Å². The minimum absolute atomic E-state index is 0.0167. The lowest BCUT2D eigenvalue weighted by Crippen LogP contribution is -2.45. The summed E-state index contributed by atoms with van der Waals surface area (Å²) in [5.41, 5.74) is 1.66. The van der Waals surface area contributed by atoms with Gasteiger partial charge in [0.25, 0.3) is 0 Å². The van der Waals surface area contributed by atoms with E-state index in [0.717, 1.165) is 12.0 Å². The predicted molar refractivity (Wildman–Crippen MR) is 108 cm³/mol. The number of carbonyl (C=O) groups excluding carboxylic acids is 3. The van der Waals surface area contributed by atoms with Crippen LogP contribution in [-0.4, -0.2) is 41.9 Å². The predicted octanol–water partition coefficient (Wildman–Crippen LogP) is 3.41. The van der Waals surface area contributed by atoms with E-state index in [9.17, 15) is 14.4 Å². The van der Waals surface area contributed by atoms with Crippen LogP contribution < -0.4 is 5.32 Å². The number of hydrogen-bond acceptors (Lipinski definition) is 4. The number of carbonyl (C=O) groups is 3. The van der Waals surface area contributed by atoms with Crippen LogP contribution in [0.1, 0.15) is 52.0 Å². The molecule has 7 heteroatoms. The number of amides is 2. The third-order valence-electron chi connectivity index (χ3n) is 4.91. The number of nitrogens with zero attached hydrogens (tertiary/aromatic N) is 1. The van der Waals surface area contributed by atoms with Gasteiger partial charge < -0.3 is 15.0 Å².